The Morgan fingerprint density at radius 3 is 2.72 bits per heavy atom. The number of hydrogen-bond acceptors (Lipinski definition) is 4. The van der Waals surface area contributed by atoms with Crippen molar-refractivity contribution in [3.63, 3.8) is 0 Å². The summed E-state index contributed by atoms with van der Waals surface area (Å²) in [5.41, 5.74) is 1.08. The molecule has 0 bridgehead atoms. The molecule has 100 valence electrons. The highest BCUT2D eigenvalue weighted by molar-refractivity contribution is 5.68. The van der Waals surface area contributed by atoms with Crippen molar-refractivity contribution in [1.82, 2.24) is 14.7 Å². The molecule has 1 aromatic rings. The molecule has 0 atom stereocenters. The minimum atomic E-state index is -0.496. The molecule has 0 saturated carbocycles. The molecule has 0 radical (unpaired) electrons. The van der Waals surface area contributed by atoms with Crippen molar-refractivity contribution in [3.8, 4) is 5.88 Å². The first kappa shape index (κ1) is 12.7. The van der Waals surface area contributed by atoms with E-state index in [4.69, 9.17) is 4.74 Å². The van der Waals surface area contributed by atoms with Crippen LogP contribution >= 0.6 is 0 Å². The molecule has 1 aromatic heterocycles. The number of amides is 1. The Balaban J connectivity index is 2.10. The largest absolute Gasteiger partial charge is 0.493 e. The molecule has 1 aliphatic rings. The van der Waals surface area contributed by atoms with Crippen molar-refractivity contribution in [2.45, 2.75) is 39.3 Å². The molecule has 0 saturated heterocycles. The van der Waals surface area contributed by atoms with E-state index in [1.54, 1.807) is 11.9 Å². The predicted octanol–water partition coefficient (Wildman–Crippen LogP) is 1.42. The van der Waals surface area contributed by atoms with Gasteiger partial charge >= 0.3 is 6.09 Å². The predicted molar refractivity (Wildman–Crippen MR) is 65.2 cm³/mol. The second kappa shape index (κ2) is 4.19. The van der Waals surface area contributed by atoms with Crippen molar-refractivity contribution >= 4 is 6.09 Å². The Morgan fingerprint density at radius 2 is 2.11 bits per heavy atom. The molecule has 2 heterocycles. The smallest absolute Gasteiger partial charge is 0.410 e. The number of carbonyl (C=O) groups excluding carboxylic acids is 1. The van der Waals surface area contributed by atoms with Gasteiger partial charge in [0.2, 0.25) is 5.88 Å². The van der Waals surface area contributed by atoms with Gasteiger partial charge < -0.3 is 14.7 Å². The van der Waals surface area contributed by atoms with Crippen LogP contribution in [0, 0.1) is 0 Å². The Kier molecular flexibility index (Phi) is 2.96. The van der Waals surface area contributed by atoms with Gasteiger partial charge in [-0.05, 0) is 27.2 Å². The van der Waals surface area contributed by atoms with Crippen LogP contribution in [0.15, 0.2) is 0 Å². The van der Waals surface area contributed by atoms with Gasteiger partial charge in [0.1, 0.15) is 5.60 Å². The molecule has 6 nitrogen and oxygen atoms in total. The van der Waals surface area contributed by atoms with Crippen LogP contribution < -0.4 is 0 Å². The zero-order valence-electron chi connectivity index (χ0n) is 11.2. The molecule has 0 aromatic carbocycles. The highest BCUT2D eigenvalue weighted by Gasteiger charge is 2.29. The van der Waals surface area contributed by atoms with Gasteiger partial charge in [0.25, 0.3) is 0 Å². The third kappa shape index (κ3) is 2.42. The molecular formula is C12H19N3O3. The fraction of sp³-hybridized carbons (Fsp3) is 0.667. The summed E-state index contributed by atoms with van der Waals surface area (Å²) in [4.78, 5) is 13.5. The fourth-order valence-corrected chi connectivity index (χ4v) is 1.99. The van der Waals surface area contributed by atoms with Crippen LogP contribution in [0.5, 0.6) is 5.88 Å². The fourth-order valence-electron chi connectivity index (χ4n) is 1.99. The molecule has 1 N–H and O–H groups in total. The van der Waals surface area contributed by atoms with Crippen LogP contribution in [0.4, 0.5) is 4.79 Å². The first-order valence-electron chi connectivity index (χ1n) is 5.99. The summed E-state index contributed by atoms with van der Waals surface area (Å²) >= 11 is 0. The lowest BCUT2D eigenvalue weighted by Gasteiger charge is -2.29. The third-order valence-corrected chi connectivity index (χ3v) is 2.82. The van der Waals surface area contributed by atoms with Crippen LogP contribution in [0.25, 0.3) is 0 Å². The number of hydrogen-bond donors (Lipinski definition) is 1. The average molecular weight is 253 g/mol. The van der Waals surface area contributed by atoms with Crippen LogP contribution in [-0.4, -0.2) is 38.0 Å². The van der Waals surface area contributed by atoms with E-state index >= 15 is 0 Å². The lowest BCUT2D eigenvalue weighted by molar-refractivity contribution is 0.0221. The second-order valence-corrected chi connectivity index (χ2v) is 5.52. The van der Waals surface area contributed by atoms with Crippen LogP contribution in [-0.2, 0) is 24.8 Å². The summed E-state index contributed by atoms with van der Waals surface area (Å²) in [6.45, 7) is 6.45. The van der Waals surface area contributed by atoms with E-state index < -0.39 is 5.60 Å². The van der Waals surface area contributed by atoms with Gasteiger partial charge in [-0.25, -0.2) is 9.48 Å². The van der Waals surface area contributed by atoms with Crippen molar-refractivity contribution in [2.24, 2.45) is 7.05 Å². The van der Waals surface area contributed by atoms with Gasteiger partial charge in [0, 0.05) is 19.2 Å². The Hall–Kier alpha value is -1.72. The monoisotopic (exact) mass is 253 g/mol. The van der Waals surface area contributed by atoms with Crippen molar-refractivity contribution < 1.29 is 14.6 Å². The number of ether oxygens (including phenoxy) is 1. The Bertz CT molecular complexity index is 474. The van der Waals surface area contributed by atoms with E-state index in [1.807, 2.05) is 20.8 Å². The van der Waals surface area contributed by atoms with Gasteiger partial charge in [0.05, 0.1) is 12.2 Å². The minimum Gasteiger partial charge on any atom is -0.493 e. The highest BCUT2D eigenvalue weighted by atomic mass is 16.6. The maximum atomic E-state index is 11.9. The zero-order valence-corrected chi connectivity index (χ0v) is 11.2. The number of aromatic hydroxyl groups is 1. The van der Waals surface area contributed by atoms with Gasteiger partial charge in [-0.3, -0.25) is 0 Å². The Labute approximate surface area is 106 Å². The number of aromatic nitrogens is 2. The summed E-state index contributed by atoms with van der Waals surface area (Å²) in [6, 6.07) is 0. The van der Waals surface area contributed by atoms with Crippen LogP contribution in [0.1, 0.15) is 32.0 Å². The highest BCUT2D eigenvalue weighted by Crippen LogP contribution is 2.26. The summed E-state index contributed by atoms with van der Waals surface area (Å²) in [6.07, 6.45) is 0.270. The van der Waals surface area contributed by atoms with Gasteiger partial charge in [-0.15, -0.1) is 0 Å². The molecule has 0 spiro atoms. The minimum absolute atomic E-state index is 0.189. The number of aryl methyl sites for hydroxylation is 1. The number of rotatable bonds is 0. The summed E-state index contributed by atoms with van der Waals surface area (Å²) < 4.78 is 6.75. The van der Waals surface area contributed by atoms with Gasteiger partial charge in [-0.2, -0.15) is 5.10 Å². The molecule has 1 aliphatic heterocycles. The number of carbonyl (C=O) groups is 1. The van der Waals surface area contributed by atoms with E-state index in [2.05, 4.69) is 5.10 Å². The molecular weight excluding hydrogens is 234 g/mol. The quantitative estimate of drug-likeness (QED) is 0.759. The van der Waals surface area contributed by atoms with E-state index in [0.29, 0.717) is 19.5 Å². The SMILES string of the molecule is Cn1nc2c(c1O)CCN(C(=O)OC(C)(C)C)C2. The first-order valence-corrected chi connectivity index (χ1v) is 5.99. The van der Waals surface area contributed by atoms with Crippen molar-refractivity contribution in [2.75, 3.05) is 6.54 Å². The van der Waals surface area contributed by atoms with E-state index in [0.717, 1.165) is 11.3 Å². The molecule has 6 heteroatoms. The molecule has 1 amide bonds. The third-order valence-electron chi connectivity index (χ3n) is 2.82. The van der Waals surface area contributed by atoms with Gasteiger partial charge in [-0.1, -0.05) is 0 Å². The lowest BCUT2D eigenvalue weighted by Crippen LogP contribution is -2.39. The van der Waals surface area contributed by atoms with Crippen molar-refractivity contribution in [1.29, 1.82) is 0 Å². The van der Waals surface area contributed by atoms with Gasteiger partial charge in [0.15, 0.2) is 0 Å². The van der Waals surface area contributed by atoms with E-state index in [1.165, 1.54) is 4.68 Å². The Morgan fingerprint density at radius 1 is 1.44 bits per heavy atom. The number of nitrogens with zero attached hydrogens (tertiary/aromatic N) is 3. The molecule has 2 rings (SSSR count). The maximum absolute atomic E-state index is 11.9. The molecule has 0 fully saturated rings. The summed E-state index contributed by atoms with van der Waals surface area (Å²) in [5, 5.41) is 14.0. The zero-order chi connectivity index (χ0) is 13.5. The molecule has 0 aliphatic carbocycles. The second-order valence-electron chi connectivity index (χ2n) is 5.52. The standard InChI is InChI=1S/C12H19N3O3/c1-12(2,3)18-11(17)15-6-5-8-9(7-15)13-14(4)10(8)16/h16H,5-7H2,1-4H3. The first-order chi connectivity index (χ1) is 8.28. The topological polar surface area (TPSA) is 67.6 Å². The lowest BCUT2D eigenvalue weighted by atomic mass is 10.1. The summed E-state index contributed by atoms with van der Waals surface area (Å²) in [7, 11) is 1.69. The van der Waals surface area contributed by atoms with Crippen LogP contribution in [0.3, 0.4) is 0 Å². The molecule has 18 heavy (non-hydrogen) atoms. The van der Waals surface area contributed by atoms with Crippen molar-refractivity contribution in [3.05, 3.63) is 11.3 Å². The van der Waals surface area contributed by atoms with E-state index in [-0.39, 0.29) is 12.0 Å². The maximum Gasteiger partial charge on any atom is 0.410 e. The van der Waals surface area contributed by atoms with Crippen LogP contribution in [0.2, 0.25) is 0 Å². The number of fused-ring (bicyclic) bond motifs is 1. The average Bonchev–Trinajstić information content (AvgIpc) is 2.52. The van der Waals surface area contributed by atoms with E-state index in [9.17, 15) is 9.90 Å². The normalized spacial score (nSPS) is 15.4. The molecule has 0 unspecified atom stereocenters. The summed E-state index contributed by atoms with van der Waals surface area (Å²) in [5.74, 6) is 0.189.